The van der Waals surface area contributed by atoms with Crippen LogP contribution in [0.3, 0.4) is 0 Å². The highest BCUT2D eigenvalue weighted by Crippen LogP contribution is 2.05. The number of hydrogen-bond acceptors (Lipinski definition) is 4. The summed E-state index contributed by atoms with van der Waals surface area (Å²) in [7, 11) is 0. The maximum absolute atomic E-state index is 10.1. The number of rotatable bonds is 3. The molecule has 0 aliphatic rings. The molecule has 0 saturated carbocycles. The molecule has 62 valence electrons. The van der Waals surface area contributed by atoms with Crippen molar-refractivity contribution in [3.05, 3.63) is 40.0 Å². The Bertz CT molecular complexity index is 312. The van der Waals surface area contributed by atoms with Gasteiger partial charge in [-0.15, -0.1) is 0 Å². The van der Waals surface area contributed by atoms with E-state index >= 15 is 0 Å². The molecule has 0 atom stereocenters. The first-order chi connectivity index (χ1) is 5.74. The predicted octanol–water partition coefficient (Wildman–Crippen LogP) is 1.10. The van der Waals surface area contributed by atoms with E-state index in [4.69, 9.17) is 0 Å². The quantitative estimate of drug-likeness (QED) is 0.292. The van der Waals surface area contributed by atoms with Crippen molar-refractivity contribution in [2.24, 2.45) is 0 Å². The maximum atomic E-state index is 10.1. The van der Waals surface area contributed by atoms with Gasteiger partial charge in [0, 0.05) is 11.6 Å². The van der Waals surface area contributed by atoms with E-state index in [2.05, 4.69) is 4.42 Å². The highest BCUT2D eigenvalue weighted by atomic mass is 16.6. The molecule has 5 nitrogen and oxygen atoms in total. The summed E-state index contributed by atoms with van der Waals surface area (Å²) in [5, 5.41) is 10.1. The van der Waals surface area contributed by atoms with Crippen molar-refractivity contribution >= 4 is 12.4 Å². The first kappa shape index (κ1) is 8.19. The van der Waals surface area contributed by atoms with E-state index in [-0.39, 0.29) is 6.29 Å². The molecule has 0 saturated heterocycles. The molecular weight excluding hydrogens is 162 g/mol. The number of aldehydes is 1. The van der Waals surface area contributed by atoms with Crippen LogP contribution in [0.1, 0.15) is 5.56 Å². The minimum Gasteiger partial charge on any atom is -0.472 e. The molecule has 5 heteroatoms. The Morgan fingerprint density at radius 2 is 2.42 bits per heavy atom. The first-order valence-electron chi connectivity index (χ1n) is 3.07. The minimum absolute atomic E-state index is 0.187. The smallest absolute Gasteiger partial charge is 0.309 e. The maximum Gasteiger partial charge on any atom is 0.309 e. The summed E-state index contributed by atoms with van der Waals surface area (Å²) in [4.78, 5) is 19.5. The summed E-state index contributed by atoms with van der Waals surface area (Å²) in [5.41, 5.74) is 0.00481. The average Bonchev–Trinajstić information content (AvgIpc) is 2.51. The van der Waals surface area contributed by atoms with Crippen LogP contribution in [0.2, 0.25) is 0 Å². The summed E-state index contributed by atoms with van der Waals surface area (Å²) < 4.78 is 4.66. The molecule has 0 amide bonds. The summed E-state index contributed by atoms with van der Waals surface area (Å²) in [6, 6.07) is 1.52. The van der Waals surface area contributed by atoms with Gasteiger partial charge in [-0.2, -0.15) is 0 Å². The van der Waals surface area contributed by atoms with Gasteiger partial charge in [-0.3, -0.25) is 14.9 Å². The summed E-state index contributed by atoms with van der Waals surface area (Å²) in [6.07, 6.45) is 4.00. The number of furan rings is 1. The third-order valence-electron chi connectivity index (χ3n) is 1.19. The largest absolute Gasteiger partial charge is 0.472 e. The lowest BCUT2D eigenvalue weighted by atomic mass is 10.3. The molecule has 1 aromatic rings. The Kier molecular flexibility index (Phi) is 2.37. The highest BCUT2D eigenvalue weighted by Gasteiger charge is 2.08. The third-order valence-corrected chi connectivity index (χ3v) is 1.19. The lowest BCUT2D eigenvalue weighted by Crippen LogP contribution is -1.98. The van der Waals surface area contributed by atoms with Crippen molar-refractivity contribution in [1.29, 1.82) is 0 Å². The second-order valence-electron chi connectivity index (χ2n) is 2.00. The molecule has 12 heavy (non-hydrogen) atoms. The molecule has 0 aliphatic heterocycles. The lowest BCUT2D eigenvalue weighted by Gasteiger charge is -1.85. The number of allylic oxidation sites excluding steroid dienone is 1. The molecule has 0 N–H and O–H groups in total. The van der Waals surface area contributed by atoms with Crippen LogP contribution in [0.5, 0.6) is 0 Å². The highest BCUT2D eigenvalue weighted by molar-refractivity contribution is 5.78. The first-order valence-corrected chi connectivity index (χ1v) is 3.07. The Morgan fingerprint density at radius 1 is 1.67 bits per heavy atom. The molecule has 0 fully saturated rings. The third kappa shape index (κ3) is 1.79. The fourth-order valence-electron chi connectivity index (χ4n) is 0.658. The Labute approximate surface area is 67.4 Å². The van der Waals surface area contributed by atoms with Crippen LogP contribution in [0.25, 0.3) is 6.08 Å². The molecule has 0 spiro atoms. The molecule has 1 aromatic heterocycles. The van der Waals surface area contributed by atoms with Gasteiger partial charge >= 0.3 is 5.70 Å². The van der Waals surface area contributed by atoms with Crippen LogP contribution in [-0.2, 0) is 4.79 Å². The average molecular weight is 167 g/mol. The van der Waals surface area contributed by atoms with E-state index in [1.165, 1.54) is 18.6 Å². The van der Waals surface area contributed by atoms with Gasteiger partial charge in [0.25, 0.3) is 0 Å². The molecule has 1 rings (SSSR count). The van der Waals surface area contributed by atoms with Crippen molar-refractivity contribution in [2.45, 2.75) is 0 Å². The number of hydrogen-bond donors (Lipinski definition) is 0. The molecule has 0 radical (unpaired) electrons. The molecule has 0 aromatic carbocycles. The normalized spacial score (nSPS) is 11.2. The summed E-state index contributed by atoms with van der Waals surface area (Å²) in [5.74, 6) is 0. The van der Waals surface area contributed by atoms with Crippen LogP contribution in [0.15, 0.2) is 28.7 Å². The van der Waals surface area contributed by atoms with Crippen molar-refractivity contribution in [3.63, 3.8) is 0 Å². The van der Waals surface area contributed by atoms with Gasteiger partial charge in [0.2, 0.25) is 6.29 Å². The summed E-state index contributed by atoms with van der Waals surface area (Å²) in [6.45, 7) is 0. The van der Waals surface area contributed by atoms with Gasteiger partial charge in [0.1, 0.15) is 0 Å². The molecular formula is C7H5NO4. The van der Waals surface area contributed by atoms with Gasteiger partial charge in [0.05, 0.1) is 17.4 Å². The lowest BCUT2D eigenvalue weighted by molar-refractivity contribution is -0.415. The van der Waals surface area contributed by atoms with Gasteiger partial charge in [-0.1, -0.05) is 0 Å². The van der Waals surface area contributed by atoms with E-state index in [9.17, 15) is 14.9 Å². The topological polar surface area (TPSA) is 73.3 Å². The summed E-state index contributed by atoms with van der Waals surface area (Å²) >= 11 is 0. The van der Waals surface area contributed by atoms with E-state index in [1.54, 1.807) is 0 Å². The van der Waals surface area contributed by atoms with Gasteiger partial charge in [-0.25, -0.2) is 0 Å². The molecule has 1 heterocycles. The van der Waals surface area contributed by atoms with Crippen LogP contribution in [0, 0.1) is 10.1 Å². The van der Waals surface area contributed by atoms with Gasteiger partial charge in [0.15, 0.2) is 0 Å². The molecule has 0 aliphatic carbocycles. The minimum atomic E-state index is -0.750. The monoisotopic (exact) mass is 167 g/mol. The SMILES string of the molecule is O=C/C(=C\c1ccoc1)[N+](=O)[O-]. The Hall–Kier alpha value is -1.91. The zero-order chi connectivity index (χ0) is 8.97. The van der Waals surface area contributed by atoms with Crippen LogP contribution in [0.4, 0.5) is 0 Å². The van der Waals surface area contributed by atoms with Crippen molar-refractivity contribution in [3.8, 4) is 0 Å². The Balaban J connectivity index is 2.93. The van der Waals surface area contributed by atoms with Crippen molar-refractivity contribution < 1.29 is 14.1 Å². The van der Waals surface area contributed by atoms with Gasteiger partial charge in [-0.05, 0) is 6.07 Å². The predicted molar refractivity (Wildman–Crippen MR) is 39.7 cm³/mol. The van der Waals surface area contributed by atoms with Crippen molar-refractivity contribution in [1.82, 2.24) is 0 Å². The van der Waals surface area contributed by atoms with Gasteiger partial charge < -0.3 is 4.42 Å². The fourth-order valence-corrected chi connectivity index (χ4v) is 0.658. The standard InChI is InChI=1S/C7H5NO4/c9-4-7(8(10)11)3-6-1-2-12-5-6/h1-5H/b7-3+. The van der Waals surface area contributed by atoms with E-state index in [1.807, 2.05) is 0 Å². The van der Waals surface area contributed by atoms with Crippen molar-refractivity contribution in [2.75, 3.05) is 0 Å². The van der Waals surface area contributed by atoms with Crippen LogP contribution < -0.4 is 0 Å². The zero-order valence-corrected chi connectivity index (χ0v) is 5.97. The Morgan fingerprint density at radius 3 is 2.83 bits per heavy atom. The second kappa shape index (κ2) is 3.47. The van der Waals surface area contributed by atoms with E-state index in [0.29, 0.717) is 5.56 Å². The fraction of sp³-hybridized carbons (Fsp3) is 0. The van der Waals surface area contributed by atoms with E-state index < -0.39 is 10.6 Å². The number of nitro groups is 1. The van der Waals surface area contributed by atoms with E-state index in [0.717, 1.165) is 6.08 Å². The number of carbonyl (C=O) groups excluding carboxylic acids is 1. The molecule has 0 unspecified atom stereocenters. The zero-order valence-electron chi connectivity index (χ0n) is 5.97. The van der Waals surface area contributed by atoms with Crippen LogP contribution >= 0.6 is 0 Å². The molecule has 0 bridgehead atoms. The number of nitrogens with zero attached hydrogens (tertiary/aromatic N) is 1. The number of carbonyl (C=O) groups is 1. The van der Waals surface area contributed by atoms with Crippen LogP contribution in [-0.4, -0.2) is 11.2 Å². The second-order valence-corrected chi connectivity index (χ2v) is 2.00.